The summed E-state index contributed by atoms with van der Waals surface area (Å²) in [5.41, 5.74) is 1.66. The average molecular weight is 380 g/mol. The number of benzene rings is 1. The Morgan fingerprint density at radius 3 is 2.74 bits per heavy atom. The number of aliphatic hydroxyl groups excluding tert-OH is 4. The molecule has 2 aromatic rings. The molecule has 2 heterocycles. The zero-order valence-electron chi connectivity index (χ0n) is 14.8. The number of fused-ring (bicyclic) bond motifs is 1. The van der Waals surface area contributed by atoms with Crippen molar-refractivity contribution in [2.24, 2.45) is 0 Å². The first-order valence-electron chi connectivity index (χ1n) is 8.73. The van der Waals surface area contributed by atoms with E-state index in [0.717, 1.165) is 10.9 Å². The molecule has 6 N–H and O–H groups in total. The van der Waals surface area contributed by atoms with E-state index < -0.39 is 37.3 Å². The number of aliphatic hydroxyl groups is 4. The van der Waals surface area contributed by atoms with Crippen molar-refractivity contribution in [3.8, 4) is 5.75 Å². The second-order valence-electron chi connectivity index (χ2n) is 6.54. The number of nitrogens with one attached hydrogen (secondary N) is 2. The van der Waals surface area contributed by atoms with Gasteiger partial charge in [0.15, 0.2) is 0 Å². The van der Waals surface area contributed by atoms with Crippen molar-refractivity contribution in [1.29, 1.82) is 0 Å². The van der Waals surface area contributed by atoms with Gasteiger partial charge in [-0.1, -0.05) is 12.1 Å². The monoisotopic (exact) mass is 380 g/mol. The maximum atomic E-state index is 11.0. The van der Waals surface area contributed by atoms with Crippen LogP contribution in [0.5, 0.6) is 5.75 Å². The molecule has 3 rings (SSSR count). The van der Waals surface area contributed by atoms with Crippen LogP contribution in [0.2, 0.25) is 0 Å². The van der Waals surface area contributed by atoms with Crippen LogP contribution in [0.15, 0.2) is 24.4 Å². The van der Waals surface area contributed by atoms with Gasteiger partial charge in [0.2, 0.25) is 12.2 Å². The first-order chi connectivity index (χ1) is 12.9. The molecule has 1 saturated heterocycles. The van der Waals surface area contributed by atoms with Crippen molar-refractivity contribution >= 4 is 16.8 Å². The molecule has 0 aliphatic carbocycles. The number of hydrogen-bond acceptors (Lipinski definition) is 7. The fraction of sp³-hybridized carbons (Fsp3) is 0.500. The molecule has 1 aromatic carbocycles. The lowest BCUT2D eigenvalue weighted by molar-refractivity contribution is -0.277. The van der Waals surface area contributed by atoms with E-state index in [1.54, 1.807) is 12.1 Å². The predicted octanol–water partition coefficient (Wildman–Crippen LogP) is -0.975. The van der Waals surface area contributed by atoms with E-state index in [4.69, 9.17) is 9.47 Å². The van der Waals surface area contributed by atoms with Crippen LogP contribution in [0.3, 0.4) is 0 Å². The highest BCUT2D eigenvalue weighted by Crippen LogP contribution is 2.31. The fourth-order valence-corrected chi connectivity index (χ4v) is 3.15. The Hall–Kier alpha value is -2.17. The van der Waals surface area contributed by atoms with E-state index in [-0.39, 0.29) is 5.91 Å². The quantitative estimate of drug-likeness (QED) is 0.378. The van der Waals surface area contributed by atoms with Gasteiger partial charge in [-0.25, -0.2) is 0 Å². The Kier molecular flexibility index (Phi) is 5.98. The third-order valence-corrected chi connectivity index (χ3v) is 4.62. The number of ether oxygens (including phenoxy) is 2. The number of aromatic nitrogens is 1. The molecule has 1 amide bonds. The van der Waals surface area contributed by atoms with E-state index in [9.17, 15) is 25.2 Å². The third-order valence-electron chi connectivity index (χ3n) is 4.62. The van der Waals surface area contributed by atoms with Gasteiger partial charge in [0.1, 0.15) is 30.2 Å². The molecule has 0 spiro atoms. The number of rotatable bonds is 6. The van der Waals surface area contributed by atoms with Gasteiger partial charge in [-0.05, 0) is 18.1 Å². The van der Waals surface area contributed by atoms with Crippen LogP contribution in [0, 0.1) is 0 Å². The van der Waals surface area contributed by atoms with E-state index in [2.05, 4.69) is 10.3 Å². The van der Waals surface area contributed by atoms with Crippen molar-refractivity contribution in [3.63, 3.8) is 0 Å². The van der Waals surface area contributed by atoms with Crippen molar-refractivity contribution in [3.05, 3.63) is 30.0 Å². The number of para-hydroxylation sites is 1. The smallest absolute Gasteiger partial charge is 0.229 e. The zero-order valence-corrected chi connectivity index (χ0v) is 14.8. The van der Waals surface area contributed by atoms with Crippen molar-refractivity contribution < 1.29 is 34.7 Å². The topological polar surface area (TPSA) is 144 Å². The van der Waals surface area contributed by atoms with Crippen LogP contribution in [0.25, 0.3) is 10.9 Å². The Morgan fingerprint density at radius 2 is 2.04 bits per heavy atom. The Labute approximate surface area is 155 Å². The van der Waals surface area contributed by atoms with Crippen LogP contribution in [0.4, 0.5) is 0 Å². The summed E-state index contributed by atoms with van der Waals surface area (Å²) < 4.78 is 11.1. The minimum Gasteiger partial charge on any atom is -0.460 e. The van der Waals surface area contributed by atoms with Crippen LogP contribution in [-0.2, 0) is 16.0 Å². The van der Waals surface area contributed by atoms with E-state index in [1.165, 1.54) is 6.92 Å². The number of carbonyl (C=O) groups excluding carboxylic acids is 1. The van der Waals surface area contributed by atoms with Gasteiger partial charge in [0.25, 0.3) is 0 Å². The minimum atomic E-state index is -1.50. The molecule has 27 heavy (non-hydrogen) atoms. The maximum Gasteiger partial charge on any atom is 0.229 e. The van der Waals surface area contributed by atoms with Crippen molar-refractivity contribution in [2.45, 2.75) is 44.1 Å². The van der Waals surface area contributed by atoms with Gasteiger partial charge >= 0.3 is 0 Å². The van der Waals surface area contributed by atoms with E-state index in [1.807, 2.05) is 12.3 Å². The van der Waals surface area contributed by atoms with Crippen molar-refractivity contribution in [1.82, 2.24) is 10.3 Å². The lowest BCUT2D eigenvalue weighted by Crippen LogP contribution is -2.60. The molecular weight excluding hydrogens is 356 g/mol. The van der Waals surface area contributed by atoms with Crippen LogP contribution < -0.4 is 10.1 Å². The average Bonchev–Trinajstić information content (AvgIpc) is 3.06. The normalized spacial score (nSPS) is 28.3. The highest BCUT2D eigenvalue weighted by molar-refractivity contribution is 5.88. The zero-order chi connectivity index (χ0) is 19.6. The van der Waals surface area contributed by atoms with Crippen molar-refractivity contribution in [2.75, 3.05) is 13.2 Å². The molecule has 0 radical (unpaired) electrons. The molecule has 1 aromatic heterocycles. The molecule has 0 saturated carbocycles. The van der Waals surface area contributed by atoms with Crippen LogP contribution in [0.1, 0.15) is 12.5 Å². The van der Waals surface area contributed by atoms with Crippen LogP contribution >= 0.6 is 0 Å². The summed E-state index contributed by atoms with van der Waals surface area (Å²) in [6.45, 7) is 1.44. The standard InChI is InChI=1S/C18H24N2O7/c1-9(22)19-6-5-10-7-20-14-11(10)3-2-4-12(14)26-18-17(25)16(24)15(23)13(8-21)27-18/h2-4,7,13,15-18,20-21,23-25H,5-6,8H2,1H3,(H,19,22). The number of hydrogen-bond donors (Lipinski definition) is 6. The molecule has 1 aliphatic heterocycles. The summed E-state index contributed by atoms with van der Waals surface area (Å²) in [6, 6.07) is 5.35. The molecule has 9 heteroatoms. The van der Waals surface area contributed by atoms with Crippen LogP contribution in [-0.4, -0.2) is 75.2 Å². The first-order valence-corrected chi connectivity index (χ1v) is 8.73. The largest absolute Gasteiger partial charge is 0.460 e. The maximum absolute atomic E-state index is 11.0. The van der Waals surface area contributed by atoms with Gasteiger partial charge in [-0.15, -0.1) is 0 Å². The summed E-state index contributed by atoms with van der Waals surface area (Å²) in [4.78, 5) is 14.1. The number of carbonyl (C=O) groups is 1. The van der Waals surface area contributed by atoms with E-state index >= 15 is 0 Å². The lowest BCUT2D eigenvalue weighted by Gasteiger charge is -2.39. The highest BCUT2D eigenvalue weighted by atomic mass is 16.7. The third kappa shape index (κ3) is 4.07. The molecule has 5 atom stereocenters. The minimum absolute atomic E-state index is 0.0959. The Bertz CT molecular complexity index is 791. The molecule has 1 fully saturated rings. The molecule has 148 valence electrons. The summed E-state index contributed by atoms with van der Waals surface area (Å²) in [6.07, 6.45) is -4.27. The molecule has 0 bridgehead atoms. The second kappa shape index (κ2) is 8.24. The van der Waals surface area contributed by atoms with Gasteiger partial charge in [-0.2, -0.15) is 0 Å². The van der Waals surface area contributed by atoms with Gasteiger partial charge < -0.3 is 40.2 Å². The van der Waals surface area contributed by atoms with E-state index in [0.29, 0.717) is 24.2 Å². The molecule has 1 aliphatic rings. The fourth-order valence-electron chi connectivity index (χ4n) is 3.15. The second-order valence-corrected chi connectivity index (χ2v) is 6.54. The lowest BCUT2D eigenvalue weighted by atomic mass is 9.99. The Morgan fingerprint density at radius 1 is 1.26 bits per heavy atom. The number of aromatic amines is 1. The first kappa shape index (κ1) is 19.6. The highest BCUT2D eigenvalue weighted by Gasteiger charge is 2.44. The predicted molar refractivity (Wildman–Crippen MR) is 95.1 cm³/mol. The van der Waals surface area contributed by atoms with Gasteiger partial charge in [0, 0.05) is 25.1 Å². The molecule has 9 nitrogen and oxygen atoms in total. The summed E-state index contributed by atoms with van der Waals surface area (Å²) in [5.74, 6) is 0.295. The molecular formula is C18H24N2O7. The Balaban J connectivity index is 1.79. The molecule has 5 unspecified atom stereocenters. The van der Waals surface area contributed by atoms with Gasteiger partial charge in [-0.3, -0.25) is 4.79 Å². The number of amides is 1. The number of H-pyrrole nitrogens is 1. The summed E-state index contributed by atoms with van der Waals surface area (Å²) in [7, 11) is 0. The summed E-state index contributed by atoms with van der Waals surface area (Å²) in [5, 5.41) is 42.8. The summed E-state index contributed by atoms with van der Waals surface area (Å²) >= 11 is 0. The SMILES string of the molecule is CC(=O)NCCc1c[nH]c2c(OC3OC(CO)C(O)C(O)C3O)cccc12. The van der Waals surface area contributed by atoms with Gasteiger partial charge in [0.05, 0.1) is 12.1 Å².